The maximum Gasteiger partial charge on any atom is 0.293 e. The van der Waals surface area contributed by atoms with Crippen molar-refractivity contribution >= 4 is 56.5 Å². The SMILES string of the molecule is O=C1S/C(=C\c2ccc(OCc3ccc(Br)cc3)cc2)C(=O)N1Cc1ccc(Cl)cc1. The van der Waals surface area contributed by atoms with E-state index < -0.39 is 0 Å². The summed E-state index contributed by atoms with van der Waals surface area (Å²) in [6.07, 6.45) is 1.73. The zero-order valence-electron chi connectivity index (χ0n) is 16.3. The quantitative estimate of drug-likeness (QED) is 0.335. The molecule has 3 aromatic rings. The van der Waals surface area contributed by atoms with Gasteiger partial charge in [0.25, 0.3) is 11.1 Å². The van der Waals surface area contributed by atoms with Gasteiger partial charge in [-0.15, -0.1) is 0 Å². The molecular formula is C24H17BrClNO3S. The lowest BCUT2D eigenvalue weighted by Crippen LogP contribution is -2.27. The summed E-state index contributed by atoms with van der Waals surface area (Å²) in [7, 11) is 0. The van der Waals surface area contributed by atoms with Gasteiger partial charge in [0.15, 0.2) is 0 Å². The molecule has 0 bridgehead atoms. The van der Waals surface area contributed by atoms with Crippen molar-refractivity contribution in [2.45, 2.75) is 13.2 Å². The van der Waals surface area contributed by atoms with Gasteiger partial charge in [-0.1, -0.05) is 63.9 Å². The van der Waals surface area contributed by atoms with Crippen molar-refractivity contribution in [3.05, 3.63) is 104 Å². The Balaban J connectivity index is 1.39. The number of carbonyl (C=O) groups is 2. The van der Waals surface area contributed by atoms with Crippen LogP contribution < -0.4 is 4.74 Å². The highest BCUT2D eigenvalue weighted by atomic mass is 79.9. The molecule has 4 rings (SSSR count). The molecule has 4 nitrogen and oxygen atoms in total. The second-order valence-electron chi connectivity index (χ2n) is 6.88. The van der Waals surface area contributed by atoms with E-state index in [-0.39, 0.29) is 17.7 Å². The summed E-state index contributed by atoms with van der Waals surface area (Å²) in [5.74, 6) is 0.441. The smallest absolute Gasteiger partial charge is 0.293 e. The molecule has 0 radical (unpaired) electrons. The van der Waals surface area contributed by atoms with Crippen molar-refractivity contribution in [3.63, 3.8) is 0 Å². The van der Waals surface area contributed by atoms with E-state index in [9.17, 15) is 9.59 Å². The molecular weight excluding hydrogens is 498 g/mol. The summed E-state index contributed by atoms with van der Waals surface area (Å²) in [6.45, 7) is 0.693. The molecule has 1 aliphatic heterocycles. The molecule has 1 aliphatic rings. The van der Waals surface area contributed by atoms with Gasteiger partial charge in [-0.25, -0.2) is 0 Å². The fourth-order valence-corrected chi connectivity index (χ4v) is 4.20. The predicted molar refractivity (Wildman–Crippen MR) is 128 cm³/mol. The van der Waals surface area contributed by atoms with E-state index in [1.165, 1.54) is 4.90 Å². The average Bonchev–Trinajstić information content (AvgIpc) is 3.03. The topological polar surface area (TPSA) is 46.6 Å². The van der Waals surface area contributed by atoms with Crippen molar-refractivity contribution < 1.29 is 14.3 Å². The summed E-state index contributed by atoms with van der Waals surface area (Å²) >= 11 is 10.3. The van der Waals surface area contributed by atoms with Crippen LogP contribution in [0.4, 0.5) is 4.79 Å². The van der Waals surface area contributed by atoms with Gasteiger partial charge in [-0.3, -0.25) is 14.5 Å². The number of ether oxygens (including phenoxy) is 1. The molecule has 1 heterocycles. The third-order valence-electron chi connectivity index (χ3n) is 4.62. The molecule has 3 aromatic carbocycles. The number of amides is 2. The fraction of sp³-hybridized carbons (Fsp3) is 0.0833. The first kappa shape index (κ1) is 21.7. The second-order valence-corrected chi connectivity index (χ2v) is 9.22. The Hall–Kier alpha value is -2.54. The molecule has 1 saturated heterocycles. The molecule has 0 aliphatic carbocycles. The predicted octanol–water partition coefficient (Wildman–Crippen LogP) is 6.92. The van der Waals surface area contributed by atoms with E-state index in [4.69, 9.17) is 16.3 Å². The third-order valence-corrected chi connectivity index (χ3v) is 6.31. The number of nitrogens with zero attached hydrogens (tertiary/aromatic N) is 1. The zero-order valence-corrected chi connectivity index (χ0v) is 19.4. The Labute approximate surface area is 198 Å². The fourth-order valence-electron chi connectivity index (χ4n) is 2.97. The molecule has 0 saturated carbocycles. The molecule has 0 atom stereocenters. The molecule has 1 fully saturated rings. The van der Waals surface area contributed by atoms with Gasteiger partial charge in [0, 0.05) is 9.50 Å². The Bertz CT molecular complexity index is 1130. The van der Waals surface area contributed by atoms with Crippen LogP contribution in [0.25, 0.3) is 6.08 Å². The van der Waals surface area contributed by atoms with Crippen molar-refractivity contribution in [3.8, 4) is 5.75 Å². The summed E-state index contributed by atoms with van der Waals surface area (Å²) in [5.41, 5.74) is 2.75. The number of hydrogen-bond acceptors (Lipinski definition) is 4. The normalized spacial score (nSPS) is 15.0. The maximum atomic E-state index is 12.7. The van der Waals surface area contributed by atoms with E-state index >= 15 is 0 Å². The highest BCUT2D eigenvalue weighted by Gasteiger charge is 2.34. The van der Waals surface area contributed by atoms with Gasteiger partial charge < -0.3 is 4.74 Å². The van der Waals surface area contributed by atoms with Crippen molar-refractivity contribution in [2.24, 2.45) is 0 Å². The van der Waals surface area contributed by atoms with Gasteiger partial charge in [-0.05, 0) is 70.9 Å². The van der Waals surface area contributed by atoms with E-state index in [0.29, 0.717) is 16.5 Å². The Morgan fingerprint density at radius 1 is 0.903 bits per heavy atom. The minimum absolute atomic E-state index is 0.224. The number of benzene rings is 3. The van der Waals surface area contributed by atoms with Crippen LogP contribution in [0.1, 0.15) is 16.7 Å². The summed E-state index contributed by atoms with van der Waals surface area (Å²) < 4.78 is 6.83. The van der Waals surface area contributed by atoms with Crippen molar-refractivity contribution in [1.29, 1.82) is 0 Å². The Morgan fingerprint density at radius 2 is 1.55 bits per heavy atom. The number of imide groups is 1. The maximum absolute atomic E-state index is 12.7. The second kappa shape index (κ2) is 9.73. The molecule has 156 valence electrons. The molecule has 2 amide bonds. The van der Waals surface area contributed by atoms with Gasteiger partial charge in [0.1, 0.15) is 12.4 Å². The number of thioether (sulfide) groups is 1. The highest BCUT2D eigenvalue weighted by molar-refractivity contribution is 9.10. The Morgan fingerprint density at radius 3 is 2.23 bits per heavy atom. The van der Waals surface area contributed by atoms with Crippen LogP contribution in [0, 0.1) is 0 Å². The first-order valence-corrected chi connectivity index (χ1v) is 11.4. The van der Waals surface area contributed by atoms with Gasteiger partial charge in [-0.2, -0.15) is 0 Å². The standard InChI is InChI=1S/C24H17BrClNO3S/c25-19-7-1-18(2-8-19)15-30-21-11-5-16(6-12-21)13-22-23(28)27(24(29)31-22)14-17-3-9-20(26)10-4-17/h1-13H,14-15H2/b22-13-. The minimum atomic E-state index is -0.291. The third kappa shape index (κ3) is 5.58. The van der Waals surface area contributed by atoms with Gasteiger partial charge >= 0.3 is 0 Å². The van der Waals surface area contributed by atoms with Gasteiger partial charge in [0.2, 0.25) is 0 Å². The first-order chi connectivity index (χ1) is 15.0. The van der Waals surface area contributed by atoms with E-state index in [1.807, 2.05) is 60.7 Å². The molecule has 31 heavy (non-hydrogen) atoms. The number of hydrogen-bond donors (Lipinski definition) is 0. The van der Waals surface area contributed by atoms with Crippen molar-refractivity contribution in [2.75, 3.05) is 0 Å². The lowest BCUT2D eigenvalue weighted by atomic mass is 10.2. The van der Waals surface area contributed by atoms with Crippen LogP contribution in [0.3, 0.4) is 0 Å². The first-order valence-electron chi connectivity index (χ1n) is 9.45. The van der Waals surface area contributed by atoms with Crippen LogP contribution in [0.5, 0.6) is 5.75 Å². The number of halogens is 2. The molecule has 0 unspecified atom stereocenters. The molecule has 0 aromatic heterocycles. The Kier molecular flexibility index (Phi) is 6.80. The van der Waals surface area contributed by atoms with E-state index in [2.05, 4.69) is 15.9 Å². The molecule has 0 spiro atoms. The number of rotatable bonds is 6. The lowest BCUT2D eigenvalue weighted by molar-refractivity contribution is -0.123. The number of carbonyl (C=O) groups excluding carboxylic acids is 2. The largest absolute Gasteiger partial charge is 0.489 e. The molecule has 0 N–H and O–H groups in total. The molecule has 7 heteroatoms. The monoisotopic (exact) mass is 513 g/mol. The van der Waals surface area contributed by atoms with E-state index in [0.717, 1.165) is 38.7 Å². The average molecular weight is 515 g/mol. The highest BCUT2D eigenvalue weighted by Crippen LogP contribution is 2.33. The minimum Gasteiger partial charge on any atom is -0.489 e. The van der Waals surface area contributed by atoms with Crippen molar-refractivity contribution in [1.82, 2.24) is 4.90 Å². The summed E-state index contributed by atoms with van der Waals surface area (Å²) in [4.78, 5) is 26.7. The lowest BCUT2D eigenvalue weighted by Gasteiger charge is -2.12. The summed E-state index contributed by atoms with van der Waals surface area (Å²) in [6, 6.07) is 22.5. The van der Waals surface area contributed by atoms with Gasteiger partial charge in [0.05, 0.1) is 11.4 Å². The van der Waals surface area contributed by atoms with Crippen LogP contribution in [-0.2, 0) is 17.9 Å². The van der Waals surface area contributed by atoms with Crippen LogP contribution in [0.2, 0.25) is 5.02 Å². The summed E-state index contributed by atoms with van der Waals surface area (Å²) in [5, 5.41) is 0.336. The van der Waals surface area contributed by atoms with E-state index in [1.54, 1.807) is 18.2 Å². The van der Waals surface area contributed by atoms with Crippen LogP contribution >= 0.6 is 39.3 Å². The van der Waals surface area contributed by atoms with Crippen LogP contribution in [-0.4, -0.2) is 16.0 Å². The van der Waals surface area contributed by atoms with Crippen LogP contribution in [0.15, 0.2) is 82.2 Å². The zero-order chi connectivity index (χ0) is 21.8.